The molecule has 0 aromatic rings. The van der Waals surface area contributed by atoms with Crippen molar-refractivity contribution in [3.63, 3.8) is 0 Å². The van der Waals surface area contributed by atoms with Gasteiger partial charge in [0.1, 0.15) is 6.04 Å². The molecule has 0 aromatic carbocycles. The van der Waals surface area contributed by atoms with Crippen LogP contribution in [0.4, 0.5) is 0 Å². The molecule has 1 aliphatic rings. The standard InChI is InChI=1S/C11H20N2O3S/c1-10(2)8(9(15)16)12-11(3,17-10)6-7(14)13(4)5/h8,12H,6H2,1-5H3,(H,15,16). The van der Waals surface area contributed by atoms with E-state index >= 15 is 0 Å². The third-order valence-corrected chi connectivity index (χ3v) is 4.34. The Labute approximate surface area is 106 Å². The van der Waals surface area contributed by atoms with Crippen LogP contribution in [0.5, 0.6) is 0 Å². The molecule has 0 spiro atoms. The lowest BCUT2D eigenvalue weighted by Crippen LogP contribution is -2.48. The highest BCUT2D eigenvalue weighted by molar-refractivity contribution is 8.02. The van der Waals surface area contributed by atoms with Crippen LogP contribution in [0.25, 0.3) is 0 Å². The van der Waals surface area contributed by atoms with E-state index in [1.165, 1.54) is 16.7 Å². The summed E-state index contributed by atoms with van der Waals surface area (Å²) >= 11 is 1.51. The second-order valence-electron chi connectivity index (χ2n) is 5.32. The van der Waals surface area contributed by atoms with Gasteiger partial charge >= 0.3 is 5.97 Å². The van der Waals surface area contributed by atoms with Gasteiger partial charge in [0.2, 0.25) is 5.91 Å². The molecule has 1 saturated heterocycles. The SMILES string of the molecule is CN(C)C(=O)CC1(C)NC(C(=O)O)C(C)(C)S1. The summed E-state index contributed by atoms with van der Waals surface area (Å²) in [5.74, 6) is -0.877. The molecule has 1 rings (SSSR count). The maximum absolute atomic E-state index is 11.7. The molecule has 2 atom stereocenters. The Hall–Kier alpha value is -0.750. The Kier molecular flexibility index (Phi) is 3.78. The number of hydrogen-bond donors (Lipinski definition) is 2. The number of hydrogen-bond acceptors (Lipinski definition) is 4. The van der Waals surface area contributed by atoms with Crippen molar-refractivity contribution in [1.29, 1.82) is 0 Å². The minimum Gasteiger partial charge on any atom is -0.480 e. The lowest BCUT2D eigenvalue weighted by atomic mass is 10.0. The molecule has 98 valence electrons. The monoisotopic (exact) mass is 260 g/mol. The fourth-order valence-electron chi connectivity index (χ4n) is 2.04. The Morgan fingerprint density at radius 2 is 1.88 bits per heavy atom. The van der Waals surface area contributed by atoms with Gasteiger partial charge < -0.3 is 10.0 Å². The van der Waals surface area contributed by atoms with Crippen LogP contribution in [0.15, 0.2) is 0 Å². The summed E-state index contributed by atoms with van der Waals surface area (Å²) in [6.45, 7) is 5.65. The number of rotatable bonds is 3. The van der Waals surface area contributed by atoms with Crippen LogP contribution in [0.1, 0.15) is 27.2 Å². The number of carbonyl (C=O) groups excluding carboxylic acids is 1. The van der Waals surface area contributed by atoms with E-state index in [0.717, 1.165) is 0 Å². The van der Waals surface area contributed by atoms with E-state index in [9.17, 15) is 9.59 Å². The summed E-state index contributed by atoms with van der Waals surface area (Å²) < 4.78 is -0.423. The number of nitrogens with one attached hydrogen (secondary N) is 1. The Morgan fingerprint density at radius 3 is 2.24 bits per heavy atom. The van der Waals surface area contributed by atoms with Crippen LogP contribution >= 0.6 is 11.8 Å². The van der Waals surface area contributed by atoms with Gasteiger partial charge in [-0.3, -0.25) is 14.9 Å². The quantitative estimate of drug-likeness (QED) is 0.783. The summed E-state index contributed by atoms with van der Waals surface area (Å²) in [4.78, 5) is 23.9. The Bertz CT molecular complexity index is 344. The number of carboxylic acid groups (broad SMARTS) is 1. The molecule has 17 heavy (non-hydrogen) atoms. The minimum absolute atomic E-state index is 0.00524. The summed E-state index contributed by atoms with van der Waals surface area (Å²) in [6, 6.07) is -0.632. The first kappa shape index (κ1) is 14.3. The van der Waals surface area contributed by atoms with Crippen LogP contribution < -0.4 is 5.32 Å². The molecular weight excluding hydrogens is 240 g/mol. The van der Waals surface area contributed by atoms with E-state index in [1.54, 1.807) is 14.1 Å². The molecule has 0 aromatic heterocycles. The molecule has 0 saturated carbocycles. The average molecular weight is 260 g/mol. The summed E-state index contributed by atoms with van der Waals surface area (Å²) in [6.07, 6.45) is 0.290. The van der Waals surface area contributed by atoms with Gasteiger partial charge in [-0.1, -0.05) is 0 Å². The van der Waals surface area contributed by atoms with Gasteiger partial charge in [0.15, 0.2) is 0 Å². The lowest BCUT2D eigenvalue weighted by Gasteiger charge is -2.26. The molecule has 0 radical (unpaired) electrons. The minimum atomic E-state index is -0.872. The van der Waals surface area contributed by atoms with Crippen molar-refractivity contribution in [2.24, 2.45) is 0 Å². The lowest BCUT2D eigenvalue weighted by molar-refractivity contribution is -0.140. The zero-order valence-electron chi connectivity index (χ0n) is 10.9. The van der Waals surface area contributed by atoms with Gasteiger partial charge in [0.05, 0.1) is 11.3 Å². The molecule has 2 N–H and O–H groups in total. The molecule has 2 unspecified atom stereocenters. The highest BCUT2D eigenvalue weighted by Crippen LogP contribution is 2.46. The zero-order valence-corrected chi connectivity index (χ0v) is 11.7. The molecule has 0 aliphatic carbocycles. The molecule has 5 nitrogen and oxygen atoms in total. The average Bonchev–Trinajstić information content (AvgIpc) is 2.35. The van der Waals surface area contributed by atoms with Crippen molar-refractivity contribution < 1.29 is 14.7 Å². The zero-order chi connectivity index (χ0) is 13.4. The van der Waals surface area contributed by atoms with Gasteiger partial charge in [-0.2, -0.15) is 0 Å². The Balaban J connectivity index is 2.81. The highest BCUT2D eigenvalue weighted by Gasteiger charge is 2.51. The summed E-state index contributed by atoms with van der Waals surface area (Å²) in [7, 11) is 3.40. The molecule has 1 amide bonds. The fourth-order valence-corrected chi connectivity index (χ4v) is 3.85. The first-order chi connectivity index (χ1) is 7.57. The predicted octanol–water partition coefficient (Wildman–Crippen LogP) is 0.749. The summed E-state index contributed by atoms with van der Waals surface area (Å²) in [5.41, 5.74) is 0. The van der Waals surface area contributed by atoms with E-state index in [0.29, 0.717) is 0 Å². The largest absolute Gasteiger partial charge is 0.480 e. The number of amides is 1. The van der Waals surface area contributed by atoms with Crippen molar-refractivity contribution in [3.05, 3.63) is 0 Å². The molecule has 1 aliphatic heterocycles. The van der Waals surface area contributed by atoms with Gasteiger partial charge in [0, 0.05) is 18.8 Å². The molecule has 1 fully saturated rings. The van der Waals surface area contributed by atoms with Crippen LogP contribution in [0.3, 0.4) is 0 Å². The smallest absolute Gasteiger partial charge is 0.322 e. The van der Waals surface area contributed by atoms with E-state index in [-0.39, 0.29) is 12.3 Å². The van der Waals surface area contributed by atoms with Crippen molar-refractivity contribution in [3.8, 4) is 0 Å². The third-order valence-electron chi connectivity index (χ3n) is 2.87. The van der Waals surface area contributed by atoms with Crippen molar-refractivity contribution >= 4 is 23.6 Å². The van der Waals surface area contributed by atoms with Gasteiger partial charge in [-0.25, -0.2) is 0 Å². The molecule has 6 heteroatoms. The number of carbonyl (C=O) groups is 2. The van der Waals surface area contributed by atoms with Gasteiger partial charge in [-0.05, 0) is 20.8 Å². The number of nitrogens with zero attached hydrogens (tertiary/aromatic N) is 1. The second kappa shape index (κ2) is 4.49. The maximum Gasteiger partial charge on any atom is 0.322 e. The van der Waals surface area contributed by atoms with Crippen LogP contribution in [0, 0.1) is 0 Å². The summed E-state index contributed by atoms with van der Waals surface area (Å²) in [5, 5.41) is 12.2. The van der Waals surface area contributed by atoms with E-state index < -0.39 is 21.6 Å². The van der Waals surface area contributed by atoms with Crippen LogP contribution in [-0.2, 0) is 9.59 Å². The van der Waals surface area contributed by atoms with Crippen LogP contribution in [-0.4, -0.2) is 51.6 Å². The molecule has 0 bridgehead atoms. The molecule has 1 heterocycles. The van der Waals surface area contributed by atoms with Crippen molar-refractivity contribution in [1.82, 2.24) is 10.2 Å². The molecular formula is C11H20N2O3S. The maximum atomic E-state index is 11.7. The number of thioether (sulfide) groups is 1. The van der Waals surface area contributed by atoms with Crippen molar-refractivity contribution in [2.75, 3.05) is 14.1 Å². The van der Waals surface area contributed by atoms with E-state index in [2.05, 4.69) is 5.32 Å². The Morgan fingerprint density at radius 1 is 1.35 bits per heavy atom. The van der Waals surface area contributed by atoms with E-state index in [1.807, 2.05) is 20.8 Å². The predicted molar refractivity (Wildman–Crippen MR) is 67.9 cm³/mol. The van der Waals surface area contributed by atoms with Crippen LogP contribution in [0.2, 0.25) is 0 Å². The van der Waals surface area contributed by atoms with E-state index in [4.69, 9.17) is 5.11 Å². The highest BCUT2D eigenvalue weighted by atomic mass is 32.2. The van der Waals surface area contributed by atoms with Gasteiger partial charge in [-0.15, -0.1) is 11.8 Å². The number of carboxylic acids is 1. The second-order valence-corrected chi connectivity index (χ2v) is 7.47. The first-order valence-electron chi connectivity index (χ1n) is 5.48. The fraction of sp³-hybridized carbons (Fsp3) is 0.818. The first-order valence-corrected chi connectivity index (χ1v) is 6.30. The number of aliphatic carboxylic acids is 1. The normalized spacial score (nSPS) is 31.2. The van der Waals surface area contributed by atoms with Gasteiger partial charge in [0.25, 0.3) is 0 Å². The van der Waals surface area contributed by atoms with Crippen molar-refractivity contribution in [2.45, 2.75) is 42.9 Å². The topological polar surface area (TPSA) is 69.6 Å². The third kappa shape index (κ3) is 3.13.